The van der Waals surface area contributed by atoms with Crippen molar-refractivity contribution >= 4 is 17.5 Å². The fraction of sp³-hybridized carbons (Fsp3) is 0.412. The minimum absolute atomic E-state index is 0.0242. The molecule has 2 rings (SSSR count). The molecule has 1 aliphatic heterocycles. The van der Waals surface area contributed by atoms with Crippen molar-refractivity contribution in [1.82, 2.24) is 4.90 Å². The number of nitrogens with zero attached hydrogens (tertiary/aromatic N) is 1. The molecule has 1 aliphatic rings. The predicted octanol–water partition coefficient (Wildman–Crippen LogP) is 1.85. The van der Waals surface area contributed by atoms with Crippen molar-refractivity contribution in [1.29, 1.82) is 0 Å². The van der Waals surface area contributed by atoms with Crippen LogP contribution in [-0.4, -0.2) is 34.9 Å². The molecule has 0 atom stereocenters. The van der Waals surface area contributed by atoms with Crippen molar-refractivity contribution in [2.24, 2.45) is 5.92 Å². The molecule has 0 radical (unpaired) electrons. The van der Waals surface area contributed by atoms with Gasteiger partial charge in [-0.2, -0.15) is 0 Å². The fourth-order valence-corrected chi connectivity index (χ4v) is 2.63. The Bertz CT molecular complexity index is 575. The maximum atomic E-state index is 12.4. The third kappa shape index (κ3) is 3.74. The molecule has 1 fully saturated rings. The number of carbonyl (C=O) groups is 2. The van der Waals surface area contributed by atoms with Crippen molar-refractivity contribution in [3.63, 3.8) is 0 Å². The highest BCUT2D eigenvalue weighted by Gasteiger charge is 2.26. The minimum atomic E-state index is -0.0916. The molecule has 0 unspecified atom stereocenters. The number of nitrogens with one attached hydrogen (secondary N) is 1. The first kappa shape index (κ1) is 16.2. The molecule has 2 amide bonds. The molecule has 0 saturated carbocycles. The number of aliphatic hydroxyl groups excluding tert-OH is 1. The summed E-state index contributed by atoms with van der Waals surface area (Å²) >= 11 is 0. The van der Waals surface area contributed by atoms with E-state index >= 15 is 0 Å². The first-order chi connectivity index (χ1) is 10.5. The van der Waals surface area contributed by atoms with Crippen LogP contribution in [0.4, 0.5) is 5.69 Å². The van der Waals surface area contributed by atoms with Crippen molar-refractivity contribution in [3.05, 3.63) is 42.0 Å². The molecule has 1 aromatic rings. The molecule has 22 heavy (non-hydrogen) atoms. The third-order valence-corrected chi connectivity index (χ3v) is 4.09. The van der Waals surface area contributed by atoms with E-state index in [4.69, 9.17) is 0 Å². The summed E-state index contributed by atoms with van der Waals surface area (Å²) in [6.45, 7) is 6.51. The lowest BCUT2D eigenvalue weighted by molar-refractivity contribution is -0.130. The number of hydrogen-bond donors (Lipinski definition) is 2. The lowest BCUT2D eigenvalue weighted by atomic mass is 9.95. The maximum absolute atomic E-state index is 12.4. The number of aryl methyl sites for hydroxylation is 1. The molecule has 0 aliphatic carbocycles. The number of amides is 2. The zero-order valence-electron chi connectivity index (χ0n) is 12.8. The number of rotatable bonds is 4. The second-order valence-electron chi connectivity index (χ2n) is 5.60. The molecule has 5 nitrogen and oxygen atoms in total. The van der Waals surface area contributed by atoms with E-state index in [2.05, 4.69) is 11.9 Å². The first-order valence-corrected chi connectivity index (χ1v) is 7.47. The van der Waals surface area contributed by atoms with E-state index in [1.807, 2.05) is 19.1 Å². The van der Waals surface area contributed by atoms with Gasteiger partial charge in [0.2, 0.25) is 11.8 Å². The van der Waals surface area contributed by atoms with Crippen LogP contribution in [0.3, 0.4) is 0 Å². The normalized spacial score (nSPS) is 15.5. The molecule has 0 bridgehead atoms. The van der Waals surface area contributed by atoms with Gasteiger partial charge in [0, 0.05) is 24.7 Å². The van der Waals surface area contributed by atoms with E-state index in [1.165, 1.54) is 6.08 Å². The first-order valence-electron chi connectivity index (χ1n) is 7.47. The van der Waals surface area contributed by atoms with Crippen LogP contribution in [0.1, 0.15) is 24.0 Å². The Hall–Kier alpha value is -2.14. The number of hydrogen-bond acceptors (Lipinski definition) is 3. The van der Waals surface area contributed by atoms with Gasteiger partial charge in [-0.25, -0.2) is 0 Å². The average molecular weight is 302 g/mol. The Balaban J connectivity index is 1.96. The van der Waals surface area contributed by atoms with E-state index in [-0.39, 0.29) is 24.3 Å². The van der Waals surface area contributed by atoms with Crippen molar-refractivity contribution < 1.29 is 14.7 Å². The molecule has 5 heteroatoms. The molecule has 0 aromatic heterocycles. The minimum Gasteiger partial charge on any atom is -0.392 e. The van der Waals surface area contributed by atoms with Crippen LogP contribution in [0, 0.1) is 12.8 Å². The van der Waals surface area contributed by atoms with Crippen molar-refractivity contribution in [2.45, 2.75) is 26.4 Å². The topological polar surface area (TPSA) is 69.6 Å². The number of likely N-dealkylation sites (tertiary alicyclic amines) is 1. The summed E-state index contributed by atoms with van der Waals surface area (Å²) < 4.78 is 0. The average Bonchev–Trinajstić information content (AvgIpc) is 2.56. The second kappa shape index (κ2) is 7.22. The highest BCUT2D eigenvalue weighted by atomic mass is 16.3. The Morgan fingerprint density at radius 1 is 1.41 bits per heavy atom. The molecule has 1 saturated heterocycles. The van der Waals surface area contributed by atoms with Gasteiger partial charge in [0.05, 0.1) is 6.61 Å². The van der Waals surface area contributed by atoms with Gasteiger partial charge in [-0.1, -0.05) is 18.7 Å². The Morgan fingerprint density at radius 2 is 2.09 bits per heavy atom. The van der Waals surface area contributed by atoms with Gasteiger partial charge in [0.25, 0.3) is 0 Å². The maximum Gasteiger partial charge on any atom is 0.245 e. The smallest absolute Gasteiger partial charge is 0.245 e. The quantitative estimate of drug-likeness (QED) is 0.834. The number of benzene rings is 1. The van der Waals surface area contributed by atoms with Gasteiger partial charge in [-0.15, -0.1) is 0 Å². The molecule has 1 aromatic carbocycles. The van der Waals surface area contributed by atoms with Crippen LogP contribution >= 0.6 is 0 Å². The van der Waals surface area contributed by atoms with Gasteiger partial charge < -0.3 is 15.3 Å². The molecular formula is C17H22N2O3. The molecule has 2 N–H and O–H groups in total. The largest absolute Gasteiger partial charge is 0.392 e. The number of aliphatic hydroxyl groups is 1. The van der Waals surface area contributed by atoms with Gasteiger partial charge in [0.1, 0.15) is 0 Å². The number of carbonyl (C=O) groups excluding carboxylic acids is 2. The van der Waals surface area contributed by atoms with E-state index in [0.29, 0.717) is 25.9 Å². The van der Waals surface area contributed by atoms with E-state index in [0.717, 1.165) is 16.8 Å². The van der Waals surface area contributed by atoms with Crippen LogP contribution in [0.2, 0.25) is 0 Å². The summed E-state index contributed by atoms with van der Waals surface area (Å²) in [5.41, 5.74) is 2.47. The van der Waals surface area contributed by atoms with Crippen LogP contribution in [0.15, 0.2) is 30.9 Å². The molecule has 0 spiro atoms. The lowest BCUT2D eigenvalue weighted by Crippen LogP contribution is -2.40. The zero-order chi connectivity index (χ0) is 16.1. The van der Waals surface area contributed by atoms with Crippen LogP contribution in [-0.2, 0) is 16.2 Å². The van der Waals surface area contributed by atoms with Gasteiger partial charge in [-0.3, -0.25) is 9.59 Å². The van der Waals surface area contributed by atoms with Gasteiger partial charge >= 0.3 is 0 Å². The highest BCUT2D eigenvalue weighted by molar-refractivity contribution is 5.93. The van der Waals surface area contributed by atoms with E-state index in [1.54, 1.807) is 11.0 Å². The fourth-order valence-electron chi connectivity index (χ4n) is 2.63. The van der Waals surface area contributed by atoms with Crippen LogP contribution < -0.4 is 5.32 Å². The predicted molar refractivity (Wildman–Crippen MR) is 85.2 cm³/mol. The summed E-state index contributed by atoms with van der Waals surface area (Å²) in [4.78, 5) is 25.6. The summed E-state index contributed by atoms with van der Waals surface area (Å²) in [5, 5.41) is 12.1. The van der Waals surface area contributed by atoms with Gasteiger partial charge in [0.15, 0.2) is 0 Å². The summed E-state index contributed by atoms with van der Waals surface area (Å²) in [6, 6.07) is 5.51. The monoisotopic (exact) mass is 302 g/mol. The Kier molecular flexibility index (Phi) is 5.33. The summed E-state index contributed by atoms with van der Waals surface area (Å²) in [5.74, 6) is -0.194. The lowest BCUT2D eigenvalue weighted by Gasteiger charge is -2.30. The molecule has 118 valence electrons. The third-order valence-electron chi connectivity index (χ3n) is 4.09. The van der Waals surface area contributed by atoms with E-state index in [9.17, 15) is 14.7 Å². The molecule has 1 heterocycles. The van der Waals surface area contributed by atoms with Crippen molar-refractivity contribution in [2.75, 3.05) is 18.4 Å². The summed E-state index contributed by atoms with van der Waals surface area (Å²) in [6.07, 6.45) is 2.62. The molecular weight excluding hydrogens is 280 g/mol. The zero-order valence-corrected chi connectivity index (χ0v) is 12.8. The van der Waals surface area contributed by atoms with Crippen LogP contribution in [0.5, 0.6) is 0 Å². The highest BCUT2D eigenvalue weighted by Crippen LogP contribution is 2.22. The van der Waals surface area contributed by atoms with E-state index < -0.39 is 0 Å². The van der Waals surface area contributed by atoms with Crippen LogP contribution in [0.25, 0.3) is 0 Å². The van der Waals surface area contributed by atoms with Gasteiger partial charge in [-0.05, 0) is 43.0 Å². The number of piperidine rings is 1. The Labute approximate surface area is 130 Å². The van der Waals surface area contributed by atoms with Crippen molar-refractivity contribution in [3.8, 4) is 0 Å². The Morgan fingerprint density at radius 3 is 2.68 bits per heavy atom. The number of anilines is 1. The second-order valence-corrected chi connectivity index (χ2v) is 5.60. The standard InChI is InChI=1S/C17H22N2O3/c1-3-16(21)19-8-6-14(7-9-19)17(22)18-15-10-13(11-20)5-4-12(15)2/h3-5,10,14,20H,1,6-9,11H2,2H3,(H,18,22). The SMILES string of the molecule is C=CC(=O)N1CCC(C(=O)Nc2cc(CO)ccc2C)CC1. The summed E-state index contributed by atoms with van der Waals surface area (Å²) in [7, 11) is 0.